The first-order valence-corrected chi connectivity index (χ1v) is 8.42. The second-order valence-electron chi connectivity index (χ2n) is 6.44. The Morgan fingerprint density at radius 2 is 1.58 bits per heavy atom. The second kappa shape index (κ2) is 7.26. The summed E-state index contributed by atoms with van der Waals surface area (Å²) in [7, 11) is 0. The maximum absolute atomic E-state index is 10.1. The van der Waals surface area contributed by atoms with Gasteiger partial charge in [-0.3, -0.25) is 0 Å². The number of aromatic hydroxyl groups is 3. The van der Waals surface area contributed by atoms with Gasteiger partial charge in [-0.1, -0.05) is 0 Å². The fraction of sp³-hybridized carbons (Fsp3) is 0.190. The number of benzene rings is 2. The lowest BCUT2D eigenvalue weighted by atomic mass is 10.0. The van der Waals surface area contributed by atoms with Crippen molar-refractivity contribution < 1.29 is 19.7 Å². The predicted molar refractivity (Wildman–Crippen MR) is 105 cm³/mol. The summed E-state index contributed by atoms with van der Waals surface area (Å²) in [5, 5.41) is 30.2. The van der Waals surface area contributed by atoms with E-state index in [9.17, 15) is 15.3 Å². The predicted octanol–water partition coefficient (Wildman–Crippen LogP) is 5.52. The molecule has 1 aliphatic carbocycles. The zero-order chi connectivity index (χ0) is 17.4. The Morgan fingerprint density at radius 1 is 0.846 bits per heavy atom. The summed E-state index contributed by atoms with van der Waals surface area (Å²) in [6.45, 7) is 0. The lowest BCUT2D eigenvalue weighted by molar-refractivity contribution is 0.450. The zero-order valence-electron chi connectivity index (χ0n) is 14.1. The third kappa shape index (κ3) is 3.46. The summed E-state index contributed by atoms with van der Waals surface area (Å²) in [6.07, 6.45) is 5.81. The van der Waals surface area contributed by atoms with Crippen LogP contribution in [0.2, 0.25) is 0 Å². The van der Waals surface area contributed by atoms with Crippen LogP contribution in [0.25, 0.3) is 22.6 Å². The van der Waals surface area contributed by atoms with Crippen molar-refractivity contribution in [3.05, 3.63) is 59.4 Å². The fourth-order valence-corrected chi connectivity index (χ4v) is 3.34. The van der Waals surface area contributed by atoms with E-state index >= 15 is 0 Å². The average molecular weight is 372 g/mol. The molecule has 0 aliphatic heterocycles. The Hall–Kier alpha value is -2.72. The number of phenols is 3. The van der Waals surface area contributed by atoms with E-state index in [4.69, 9.17) is 4.42 Å². The Balaban J connectivity index is 0.00000196. The molecule has 3 aromatic rings. The molecule has 0 atom stereocenters. The third-order valence-electron chi connectivity index (χ3n) is 4.61. The minimum atomic E-state index is 0. The van der Waals surface area contributed by atoms with Crippen LogP contribution in [0.1, 0.15) is 36.1 Å². The molecule has 0 spiro atoms. The summed E-state index contributed by atoms with van der Waals surface area (Å²) < 4.78 is 6.13. The van der Waals surface area contributed by atoms with Crippen LogP contribution >= 0.6 is 12.4 Å². The van der Waals surface area contributed by atoms with Crippen molar-refractivity contribution in [2.75, 3.05) is 0 Å². The molecule has 0 saturated heterocycles. The second-order valence-corrected chi connectivity index (χ2v) is 6.44. The molecule has 1 aromatic heterocycles. The molecule has 3 N–H and O–H groups in total. The molecule has 0 saturated carbocycles. The highest BCUT2D eigenvalue weighted by molar-refractivity contribution is 5.86. The van der Waals surface area contributed by atoms with E-state index in [1.165, 1.54) is 6.07 Å². The number of hydrogen-bond acceptors (Lipinski definition) is 3. The van der Waals surface area contributed by atoms with Crippen molar-refractivity contribution in [2.45, 2.75) is 25.7 Å². The van der Waals surface area contributed by atoms with Gasteiger partial charge in [0.2, 0.25) is 0 Å². The molecule has 134 valence electrons. The van der Waals surface area contributed by atoms with Gasteiger partial charge in [-0.25, -0.2) is 4.42 Å². The summed E-state index contributed by atoms with van der Waals surface area (Å²) in [5.74, 6) is 1.05. The maximum Gasteiger partial charge on any atom is 0.364 e. The van der Waals surface area contributed by atoms with Crippen LogP contribution in [0.3, 0.4) is 0 Å². The first-order chi connectivity index (χ1) is 12.1. The van der Waals surface area contributed by atoms with Crippen LogP contribution in [0.5, 0.6) is 17.2 Å². The van der Waals surface area contributed by atoms with E-state index in [2.05, 4.69) is 6.07 Å². The van der Waals surface area contributed by atoms with Gasteiger partial charge >= 0.3 is 11.3 Å². The molecule has 4 rings (SSSR count). The Labute approximate surface area is 157 Å². The third-order valence-corrected chi connectivity index (χ3v) is 4.61. The van der Waals surface area contributed by atoms with Crippen LogP contribution in [0.4, 0.5) is 0 Å². The standard InChI is InChI=1S/C21H18O4.ClH/c22-17-7-5-13(19(24)11-17)9-15-3-1-2-4-16-10-14-6-8-18(23)12-20(14)25-21(15)16;/h5-12H,1-4H2,(H2-,22,23,24);1H/p+1/b15-9+;. The van der Waals surface area contributed by atoms with E-state index in [-0.39, 0.29) is 29.7 Å². The molecule has 1 heterocycles. The molecule has 5 heteroatoms. The van der Waals surface area contributed by atoms with E-state index in [1.54, 1.807) is 24.3 Å². The highest BCUT2D eigenvalue weighted by Gasteiger charge is 2.26. The van der Waals surface area contributed by atoms with Crippen LogP contribution in [-0.4, -0.2) is 15.3 Å². The number of allylic oxidation sites excluding steroid dienone is 1. The summed E-state index contributed by atoms with van der Waals surface area (Å²) in [5.41, 5.74) is 3.44. The SMILES string of the molecule is Cl.Oc1ccc(/C=C2\CCCCc3cc4ccc(O)cc4[o+]c32)c(O)c1. The van der Waals surface area contributed by atoms with Crippen LogP contribution < -0.4 is 0 Å². The van der Waals surface area contributed by atoms with Gasteiger partial charge in [0.05, 0.1) is 22.6 Å². The minimum absolute atomic E-state index is 0. The number of hydrogen-bond donors (Lipinski definition) is 3. The molecule has 0 amide bonds. The summed E-state index contributed by atoms with van der Waals surface area (Å²) in [6, 6.07) is 11.8. The first kappa shape index (κ1) is 18.1. The zero-order valence-corrected chi connectivity index (χ0v) is 14.9. The molecular formula is C21H20ClO4+. The number of rotatable bonds is 1. The van der Waals surface area contributed by atoms with Gasteiger partial charge in [0.25, 0.3) is 0 Å². The summed E-state index contributed by atoms with van der Waals surface area (Å²) in [4.78, 5) is 0. The van der Waals surface area contributed by atoms with Crippen molar-refractivity contribution in [3.8, 4) is 17.2 Å². The Kier molecular flexibility index (Phi) is 5.05. The first-order valence-electron chi connectivity index (χ1n) is 8.42. The maximum atomic E-state index is 10.1. The smallest absolute Gasteiger partial charge is 0.364 e. The molecule has 0 radical (unpaired) electrons. The van der Waals surface area contributed by atoms with E-state index < -0.39 is 0 Å². The van der Waals surface area contributed by atoms with Crippen molar-refractivity contribution in [1.29, 1.82) is 0 Å². The molecule has 2 aromatic carbocycles. The van der Waals surface area contributed by atoms with Gasteiger partial charge in [-0.05, 0) is 62.1 Å². The largest absolute Gasteiger partial charge is 0.508 e. The van der Waals surface area contributed by atoms with Gasteiger partial charge in [-0.2, -0.15) is 0 Å². The van der Waals surface area contributed by atoms with E-state index in [0.29, 0.717) is 11.1 Å². The highest BCUT2D eigenvalue weighted by atomic mass is 35.5. The number of phenolic OH excluding ortho intramolecular Hbond substituents is 3. The normalized spacial score (nSPS) is 15.3. The van der Waals surface area contributed by atoms with E-state index in [1.807, 2.05) is 12.1 Å². The molecular weight excluding hydrogens is 352 g/mol. The quantitative estimate of drug-likeness (QED) is 0.389. The molecule has 1 aliphatic rings. The van der Waals surface area contributed by atoms with E-state index in [0.717, 1.165) is 48.0 Å². The lowest BCUT2D eigenvalue weighted by Gasteiger charge is -2.03. The summed E-state index contributed by atoms with van der Waals surface area (Å²) >= 11 is 0. The molecule has 0 bridgehead atoms. The number of halogens is 1. The van der Waals surface area contributed by atoms with Gasteiger partial charge in [0.15, 0.2) is 0 Å². The van der Waals surface area contributed by atoms with Crippen LogP contribution in [-0.2, 0) is 6.42 Å². The molecule has 26 heavy (non-hydrogen) atoms. The molecule has 4 nitrogen and oxygen atoms in total. The van der Waals surface area contributed by atoms with Gasteiger partial charge in [-0.15, -0.1) is 12.4 Å². The lowest BCUT2D eigenvalue weighted by Crippen LogP contribution is -1.91. The van der Waals surface area contributed by atoms with Gasteiger partial charge in [0.1, 0.15) is 17.2 Å². The van der Waals surface area contributed by atoms with Crippen molar-refractivity contribution in [2.24, 2.45) is 0 Å². The van der Waals surface area contributed by atoms with Crippen LogP contribution in [0, 0.1) is 0 Å². The van der Waals surface area contributed by atoms with Crippen molar-refractivity contribution in [3.63, 3.8) is 0 Å². The number of fused-ring (bicyclic) bond motifs is 2. The molecule has 0 unspecified atom stereocenters. The van der Waals surface area contributed by atoms with Gasteiger partial charge < -0.3 is 15.3 Å². The average Bonchev–Trinajstić information content (AvgIpc) is 2.77. The highest BCUT2D eigenvalue weighted by Crippen LogP contribution is 2.36. The molecule has 0 fully saturated rings. The minimum Gasteiger partial charge on any atom is -0.508 e. The number of aryl methyl sites for hydroxylation is 1. The van der Waals surface area contributed by atoms with Gasteiger partial charge in [0, 0.05) is 11.6 Å². The van der Waals surface area contributed by atoms with Crippen LogP contribution in [0.15, 0.2) is 46.9 Å². The van der Waals surface area contributed by atoms with Crippen molar-refractivity contribution >= 4 is 35.0 Å². The monoisotopic (exact) mass is 371 g/mol. The topological polar surface area (TPSA) is 72.0 Å². The Bertz CT molecular complexity index is 995. The Morgan fingerprint density at radius 3 is 2.38 bits per heavy atom. The fourth-order valence-electron chi connectivity index (χ4n) is 3.34. The van der Waals surface area contributed by atoms with Crippen molar-refractivity contribution in [1.82, 2.24) is 0 Å².